The van der Waals surface area contributed by atoms with E-state index in [0.29, 0.717) is 11.6 Å². The first-order chi connectivity index (χ1) is 11.6. The van der Waals surface area contributed by atoms with Gasteiger partial charge in [-0.25, -0.2) is 9.97 Å². The van der Waals surface area contributed by atoms with Gasteiger partial charge in [0, 0.05) is 28.9 Å². The Morgan fingerprint density at radius 2 is 1.88 bits per heavy atom. The van der Waals surface area contributed by atoms with Crippen molar-refractivity contribution in [3.05, 3.63) is 46.2 Å². The summed E-state index contributed by atoms with van der Waals surface area (Å²) in [4.78, 5) is 23.5. The highest BCUT2D eigenvalue weighted by molar-refractivity contribution is 9.10. The Morgan fingerprint density at radius 1 is 1.12 bits per heavy atom. The number of halogens is 1. The second-order valence-electron chi connectivity index (χ2n) is 6.06. The van der Waals surface area contributed by atoms with Gasteiger partial charge in [0.1, 0.15) is 5.69 Å². The quantitative estimate of drug-likeness (QED) is 0.850. The summed E-state index contributed by atoms with van der Waals surface area (Å²) in [6.45, 7) is 3.51. The molecule has 0 bridgehead atoms. The van der Waals surface area contributed by atoms with Crippen LogP contribution in [0.25, 0.3) is 0 Å². The molecule has 5 nitrogen and oxygen atoms in total. The minimum atomic E-state index is -0.000285. The Labute approximate surface area is 150 Å². The first kappa shape index (κ1) is 16.9. The second-order valence-corrected chi connectivity index (χ2v) is 6.98. The minimum Gasteiger partial charge on any atom is -0.337 e. The predicted molar refractivity (Wildman–Crippen MR) is 98.6 cm³/mol. The van der Waals surface area contributed by atoms with Crippen LogP contribution < -0.4 is 5.32 Å². The molecule has 0 aliphatic carbocycles. The molecule has 126 valence electrons. The SMILES string of the molecule is Cc1cc(C(=O)N2CCCCCC2)nc(Nc2cccc(Br)c2)n1. The summed E-state index contributed by atoms with van der Waals surface area (Å²) in [5.74, 6) is 0.450. The molecule has 24 heavy (non-hydrogen) atoms. The van der Waals surface area contributed by atoms with Gasteiger partial charge in [0.05, 0.1) is 0 Å². The third-order valence-corrected chi connectivity index (χ3v) is 4.54. The van der Waals surface area contributed by atoms with E-state index in [9.17, 15) is 4.79 Å². The first-order valence-corrected chi connectivity index (χ1v) is 9.09. The molecule has 1 aromatic heterocycles. The van der Waals surface area contributed by atoms with Crippen molar-refractivity contribution in [2.75, 3.05) is 18.4 Å². The highest BCUT2D eigenvalue weighted by Crippen LogP contribution is 2.19. The summed E-state index contributed by atoms with van der Waals surface area (Å²) in [5.41, 5.74) is 2.12. The van der Waals surface area contributed by atoms with Gasteiger partial charge in [-0.05, 0) is 44.0 Å². The summed E-state index contributed by atoms with van der Waals surface area (Å²) < 4.78 is 0.973. The van der Waals surface area contributed by atoms with Crippen molar-refractivity contribution >= 4 is 33.5 Å². The van der Waals surface area contributed by atoms with Crippen LogP contribution in [0.1, 0.15) is 41.9 Å². The van der Waals surface area contributed by atoms with Crippen molar-refractivity contribution in [3.63, 3.8) is 0 Å². The number of carbonyl (C=O) groups is 1. The average molecular weight is 389 g/mol. The number of likely N-dealkylation sites (tertiary alicyclic amines) is 1. The number of anilines is 2. The van der Waals surface area contributed by atoms with E-state index in [1.807, 2.05) is 36.1 Å². The van der Waals surface area contributed by atoms with Gasteiger partial charge in [0.15, 0.2) is 0 Å². The average Bonchev–Trinajstić information content (AvgIpc) is 2.83. The Kier molecular flexibility index (Phi) is 5.45. The molecule has 1 aromatic carbocycles. The number of aryl methyl sites for hydroxylation is 1. The molecular weight excluding hydrogens is 368 g/mol. The zero-order valence-corrected chi connectivity index (χ0v) is 15.3. The van der Waals surface area contributed by atoms with Crippen molar-refractivity contribution in [3.8, 4) is 0 Å². The normalized spacial score (nSPS) is 15.0. The number of rotatable bonds is 3. The number of nitrogens with one attached hydrogen (secondary N) is 1. The van der Waals surface area contributed by atoms with Crippen molar-refractivity contribution in [1.82, 2.24) is 14.9 Å². The van der Waals surface area contributed by atoms with Gasteiger partial charge in [0.2, 0.25) is 5.95 Å². The summed E-state index contributed by atoms with van der Waals surface area (Å²) >= 11 is 3.45. The van der Waals surface area contributed by atoms with E-state index in [-0.39, 0.29) is 5.91 Å². The van der Waals surface area contributed by atoms with Crippen LogP contribution in [0, 0.1) is 6.92 Å². The van der Waals surface area contributed by atoms with Gasteiger partial charge >= 0.3 is 0 Å². The zero-order chi connectivity index (χ0) is 16.9. The first-order valence-electron chi connectivity index (χ1n) is 8.29. The fourth-order valence-corrected chi connectivity index (χ4v) is 3.26. The molecule has 2 aromatic rings. The lowest BCUT2D eigenvalue weighted by Crippen LogP contribution is -2.32. The monoisotopic (exact) mass is 388 g/mol. The van der Waals surface area contributed by atoms with Crippen molar-refractivity contribution in [2.45, 2.75) is 32.6 Å². The Balaban J connectivity index is 1.81. The van der Waals surface area contributed by atoms with Crippen molar-refractivity contribution in [2.24, 2.45) is 0 Å². The number of hydrogen-bond donors (Lipinski definition) is 1. The highest BCUT2D eigenvalue weighted by atomic mass is 79.9. The van der Waals surface area contributed by atoms with Crippen LogP contribution >= 0.6 is 15.9 Å². The van der Waals surface area contributed by atoms with E-state index in [0.717, 1.165) is 41.8 Å². The molecule has 0 saturated carbocycles. The molecule has 1 saturated heterocycles. The van der Waals surface area contributed by atoms with Gasteiger partial charge in [-0.3, -0.25) is 4.79 Å². The number of carbonyl (C=O) groups excluding carboxylic acids is 1. The lowest BCUT2D eigenvalue weighted by molar-refractivity contribution is 0.0755. The molecule has 3 rings (SSSR count). The molecule has 1 aliphatic rings. The molecule has 1 fully saturated rings. The maximum absolute atomic E-state index is 12.8. The van der Waals surface area contributed by atoms with E-state index in [1.54, 1.807) is 6.07 Å². The zero-order valence-electron chi connectivity index (χ0n) is 13.8. The number of nitrogens with zero attached hydrogens (tertiary/aromatic N) is 3. The van der Waals surface area contributed by atoms with Gasteiger partial charge in [-0.15, -0.1) is 0 Å². The van der Waals surface area contributed by atoms with E-state index >= 15 is 0 Å². The van der Waals surface area contributed by atoms with Crippen LogP contribution in [0.3, 0.4) is 0 Å². The maximum atomic E-state index is 12.8. The van der Waals surface area contributed by atoms with E-state index < -0.39 is 0 Å². The number of benzene rings is 1. The molecule has 0 spiro atoms. The fourth-order valence-electron chi connectivity index (χ4n) is 2.87. The molecule has 0 unspecified atom stereocenters. The molecule has 6 heteroatoms. The molecule has 1 aliphatic heterocycles. The van der Waals surface area contributed by atoms with E-state index in [4.69, 9.17) is 0 Å². The second kappa shape index (κ2) is 7.75. The summed E-state index contributed by atoms with van der Waals surface area (Å²) in [5, 5.41) is 3.17. The number of amides is 1. The molecule has 0 atom stereocenters. The highest BCUT2D eigenvalue weighted by Gasteiger charge is 2.19. The van der Waals surface area contributed by atoms with Gasteiger partial charge in [0.25, 0.3) is 5.91 Å². The fraction of sp³-hybridized carbons (Fsp3) is 0.389. The smallest absolute Gasteiger partial charge is 0.272 e. The lowest BCUT2D eigenvalue weighted by atomic mass is 10.2. The summed E-state index contributed by atoms with van der Waals surface area (Å²) in [7, 11) is 0. The van der Waals surface area contributed by atoms with Gasteiger partial charge < -0.3 is 10.2 Å². The largest absolute Gasteiger partial charge is 0.337 e. The van der Waals surface area contributed by atoms with E-state index in [1.165, 1.54) is 12.8 Å². The van der Waals surface area contributed by atoms with Crippen LogP contribution in [0.5, 0.6) is 0 Å². The third-order valence-electron chi connectivity index (χ3n) is 4.05. The molecule has 1 amide bonds. The van der Waals surface area contributed by atoms with Gasteiger partial charge in [-0.2, -0.15) is 0 Å². The molecule has 1 N–H and O–H groups in total. The van der Waals surface area contributed by atoms with Crippen LogP contribution in [0.15, 0.2) is 34.8 Å². The Bertz CT molecular complexity index is 727. The van der Waals surface area contributed by atoms with Crippen LogP contribution in [0.2, 0.25) is 0 Å². The minimum absolute atomic E-state index is 0.000285. The molecular formula is C18H21BrN4O. The number of hydrogen-bond acceptors (Lipinski definition) is 4. The third kappa shape index (κ3) is 4.32. The summed E-state index contributed by atoms with van der Waals surface area (Å²) in [6.07, 6.45) is 4.53. The van der Waals surface area contributed by atoms with Gasteiger partial charge in [-0.1, -0.05) is 34.8 Å². The Hall–Kier alpha value is -1.95. The molecule has 2 heterocycles. The standard InChI is InChI=1S/C18H21BrN4O/c1-13-11-16(17(24)23-9-4-2-3-5-10-23)22-18(20-13)21-15-8-6-7-14(19)12-15/h6-8,11-12H,2-5,9-10H2,1H3,(H,20,21,22). The Morgan fingerprint density at radius 3 is 2.58 bits per heavy atom. The lowest BCUT2D eigenvalue weighted by Gasteiger charge is -2.20. The van der Waals surface area contributed by atoms with Crippen molar-refractivity contribution < 1.29 is 4.79 Å². The molecule has 0 radical (unpaired) electrons. The number of aromatic nitrogens is 2. The van der Waals surface area contributed by atoms with Crippen LogP contribution in [0.4, 0.5) is 11.6 Å². The van der Waals surface area contributed by atoms with E-state index in [2.05, 4.69) is 31.2 Å². The van der Waals surface area contributed by atoms with Crippen LogP contribution in [-0.4, -0.2) is 33.9 Å². The predicted octanol–water partition coefficient (Wildman–Crippen LogP) is 4.31. The summed E-state index contributed by atoms with van der Waals surface area (Å²) in [6, 6.07) is 9.54. The van der Waals surface area contributed by atoms with Crippen molar-refractivity contribution in [1.29, 1.82) is 0 Å². The van der Waals surface area contributed by atoms with Crippen LogP contribution in [-0.2, 0) is 0 Å². The maximum Gasteiger partial charge on any atom is 0.272 e. The topological polar surface area (TPSA) is 58.1 Å².